The van der Waals surface area contributed by atoms with Crippen molar-refractivity contribution < 1.29 is 57.1 Å². The molecular weight excluding hydrogens is 822 g/mol. The number of nitrogens with zero attached hydrogens (tertiary/aromatic N) is 1. The number of ether oxygens (including phenoxy) is 2. The minimum Gasteiger partial charge on any atom is -0.462 e. The van der Waals surface area contributed by atoms with E-state index in [0.29, 0.717) is 36.7 Å². The number of hydrogen-bond acceptors (Lipinski definition) is 10. The van der Waals surface area contributed by atoms with Gasteiger partial charge in [0.15, 0.2) is 6.10 Å². The lowest BCUT2D eigenvalue weighted by Crippen LogP contribution is -2.37. The van der Waals surface area contributed by atoms with E-state index in [9.17, 15) is 34.1 Å². The molecule has 1 rings (SSSR count). The van der Waals surface area contributed by atoms with Gasteiger partial charge < -0.3 is 29.1 Å². The number of esters is 2. The average molecular weight is 907 g/mol. The molecule has 0 aromatic carbocycles. The molecule has 0 saturated heterocycles. The maximum atomic E-state index is 12.7. The fourth-order valence-electron chi connectivity index (χ4n) is 6.84. The molecule has 3 N–H and O–H groups in total. The normalized spacial score (nSPS) is 19.4. The predicted molar refractivity (Wildman–Crippen MR) is 253 cm³/mol. The zero-order valence-corrected chi connectivity index (χ0v) is 40.4. The highest BCUT2D eigenvalue weighted by molar-refractivity contribution is 7.47. The standard InChI is InChI=1S/C50H84NO11P/c1-6-8-10-11-12-13-14-15-16-17-18-19-20-21-22-23-24-25-31-35-50(56)62-44(42-61-63(57,58)60-39-38-51(3,4)5)41-59-49(55)34-30-27-26-29-33-45-46(48(54)40-47(45)53)37-36-43(52)32-28-9-7-2/h12-13,15-16,18-19,21-22,24-25,36-37,43-47,52-53H,6-11,14,17,20,23,26-35,38-42H2,1-5H3/p+1/b13-12-,16-15-,19-18-,22-21-,25-24-,37-36+/t43-,44+,45+,46+,47-/m0/s1. The first-order chi connectivity index (χ1) is 30.2. The molecule has 0 bridgehead atoms. The Kier molecular flexibility index (Phi) is 33.4. The number of aliphatic hydroxyl groups excluding tert-OH is 2. The van der Waals surface area contributed by atoms with Gasteiger partial charge in [-0.15, -0.1) is 0 Å². The molecule has 0 radical (unpaired) electrons. The summed E-state index contributed by atoms with van der Waals surface area (Å²) < 4.78 is 34.2. The number of likely N-dealkylation sites (N-methyl/N-ethyl adjacent to an activating group) is 1. The van der Waals surface area contributed by atoms with Crippen molar-refractivity contribution in [2.24, 2.45) is 11.8 Å². The number of Topliss-reactive ketones (excluding diaryl/α,β-unsaturated/α-hetero) is 1. The lowest BCUT2D eigenvalue weighted by molar-refractivity contribution is -0.870. The van der Waals surface area contributed by atoms with E-state index in [1.54, 1.807) is 12.2 Å². The Hall–Kier alpha value is -2.96. The molecule has 6 atom stereocenters. The molecule has 1 aliphatic rings. The van der Waals surface area contributed by atoms with Crippen LogP contribution >= 0.6 is 7.82 Å². The van der Waals surface area contributed by atoms with Crippen LogP contribution in [-0.2, 0) is 37.5 Å². The summed E-state index contributed by atoms with van der Waals surface area (Å²) in [6.07, 6.45) is 38.7. The Morgan fingerprint density at radius 2 is 1.33 bits per heavy atom. The monoisotopic (exact) mass is 907 g/mol. The summed E-state index contributed by atoms with van der Waals surface area (Å²) >= 11 is 0. The summed E-state index contributed by atoms with van der Waals surface area (Å²) in [5, 5.41) is 20.8. The van der Waals surface area contributed by atoms with Crippen LogP contribution in [0.25, 0.3) is 0 Å². The van der Waals surface area contributed by atoms with Gasteiger partial charge in [0.1, 0.15) is 25.5 Å². The van der Waals surface area contributed by atoms with E-state index in [2.05, 4.69) is 62.5 Å². The van der Waals surface area contributed by atoms with Gasteiger partial charge in [-0.05, 0) is 70.1 Å². The Labute approximate surface area is 380 Å². The number of phosphoric ester groups is 1. The van der Waals surface area contributed by atoms with Crippen molar-refractivity contribution in [3.05, 3.63) is 72.9 Å². The van der Waals surface area contributed by atoms with E-state index in [1.807, 2.05) is 33.3 Å². The van der Waals surface area contributed by atoms with Crippen LogP contribution in [0.2, 0.25) is 0 Å². The average Bonchev–Trinajstić information content (AvgIpc) is 3.50. The Morgan fingerprint density at radius 3 is 1.95 bits per heavy atom. The number of phosphoric acid groups is 1. The van der Waals surface area contributed by atoms with Crippen molar-refractivity contribution in [3.8, 4) is 0 Å². The van der Waals surface area contributed by atoms with E-state index in [0.717, 1.165) is 70.6 Å². The van der Waals surface area contributed by atoms with Gasteiger partial charge in [0.25, 0.3) is 0 Å². The minimum absolute atomic E-state index is 0.00155. The van der Waals surface area contributed by atoms with Crippen molar-refractivity contribution in [1.82, 2.24) is 0 Å². The van der Waals surface area contributed by atoms with E-state index in [1.165, 1.54) is 19.3 Å². The second-order valence-corrected chi connectivity index (χ2v) is 19.0. The van der Waals surface area contributed by atoms with Crippen LogP contribution < -0.4 is 0 Å². The Bertz CT molecular complexity index is 1460. The van der Waals surface area contributed by atoms with Crippen LogP contribution in [0.3, 0.4) is 0 Å². The van der Waals surface area contributed by atoms with Crippen molar-refractivity contribution in [3.63, 3.8) is 0 Å². The van der Waals surface area contributed by atoms with Gasteiger partial charge in [-0.2, -0.15) is 0 Å². The van der Waals surface area contributed by atoms with Crippen LogP contribution in [-0.4, -0.2) is 103 Å². The van der Waals surface area contributed by atoms with Gasteiger partial charge in [0.05, 0.1) is 40.0 Å². The number of quaternary nitrogens is 1. The van der Waals surface area contributed by atoms with E-state index < -0.39 is 50.6 Å². The minimum atomic E-state index is -4.46. The van der Waals surface area contributed by atoms with Crippen LogP contribution in [0.5, 0.6) is 0 Å². The molecule has 360 valence electrons. The molecule has 1 saturated carbocycles. The van der Waals surface area contributed by atoms with E-state index in [4.69, 9.17) is 18.5 Å². The molecule has 0 spiro atoms. The number of carbonyl (C=O) groups excluding carboxylic acids is 3. The topological polar surface area (TPSA) is 166 Å². The lowest BCUT2D eigenvalue weighted by atomic mass is 9.88. The number of unbranched alkanes of at least 4 members (excludes halogenated alkanes) is 8. The molecule has 13 heteroatoms. The SMILES string of the molecule is CCCCC/C=C\C/C=C\C/C=C\C/C=C\C/C=C\CCC(=O)O[C@H](COC(=O)CCCCCC[C@H]1[C@@H](O)CC(=O)[C@@H]1/C=C/[C@@H](O)CCCCC)COP(=O)(O)OCC[N+](C)(C)C. The maximum absolute atomic E-state index is 12.7. The maximum Gasteiger partial charge on any atom is 0.472 e. The quantitative estimate of drug-likeness (QED) is 0.0177. The van der Waals surface area contributed by atoms with Crippen molar-refractivity contribution >= 4 is 25.5 Å². The molecule has 1 unspecified atom stereocenters. The van der Waals surface area contributed by atoms with Crippen LogP contribution in [0, 0.1) is 11.8 Å². The predicted octanol–water partition coefficient (Wildman–Crippen LogP) is 10.4. The lowest BCUT2D eigenvalue weighted by Gasteiger charge is -2.24. The molecule has 63 heavy (non-hydrogen) atoms. The number of hydrogen-bond donors (Lipinski definition) is 3. The van der Waals surface area contributed by atoms with Crippen molar-refractivity contribution in [2.45, 2.75) is 167 Å². The molecule has 0 aliphatic heterocycles. The summed E-state index contributed by atoms with van der Waals surface area (Å²) in [5.41, 5.74) is 0. The zero-order chi connectivity index (χ0) is 46.6. The van der Waals surface area contributed by atoms with Gasteiger partial charge >= 0.3 is 19.8 Å². The number of allylic oxidation sites excluding steroid dienone is 11. The number of ketones is 1. The largest absolute Gasteiger partial charge is 0.472 e. The van der Waals surface area contributed by atoms with Crippen molar-refractivity contribution in [1.29, 1.82) is 0 Å². The van der Waals surface area contributed by atoms with Gasteiger partial charge in [-0.3, -0.25) is 23.4 Å². The third-order valence-corrected chi connectivity index (χ3v) is 11.6. The van der Waals surface area contributed by atoms with Crippen molar-refractivity contribution in [2.75, 3.05) is 47.5 Å². The molecular formula is C50H85NO11P+. The van der Waals surface area contributed by atoms with Crippen LogP contribution in [0.4, 0.5) is 0 Å². The van der Waals surface area contributed by atoms with Gasteiger partial charge in [0.2, 0.25) is 0 Å². The second-order valence-electron chi connectivity index (χ2n) is 17.6. The molecule has 1 fully saturated rings. The molecule has 0 aromatic heterocycles. The fourth-order valence-corrected chi connectivity index (χ4v) is 7.58. The molecule has 0 aromatic rings. The number of rotatable bonds is 38. The third-order valence-electron chi connectivity index (χ3n) is 10.6. The second kappa shape index (κ2) is 36.3. The Balaban J connectivity index is 2.50. The van der Waals surface area contributed by atoms with E-state index >= 15 is 0 Å². The first-order valence-corrected chi connectivity index (χ1v) is 25.3. The number of aliphatic hydroxyl groups is 2. The summed E-state index contributed by atoms with van der Waals surface area (Å²) in [5.74, 6) is -1.64. The highest BCUT2D eigenvalue weighted by Gasteiger charge is 2.39. The summed E-state index contributed by atoms with van der Waals surface area (Å²) in [4.78, 5) is 48.2. The zero-order valence-electron chi connectivity index (χ0n) is 39.5. The van der Waals surface area contributed by atoms with E-state index in [-0.39, 0.29) is 44.2 Å². The highest BCUT2D eigenvalue weighted by Crippen LogP contribution is 2.43. The highest BCUT2D eigenvalue weighted by atomic mass is 31.2. The summed E-state index contributed by atoms with van der Waals surface area (Å²) in [7, 11) is 1.29. The van der Waals surface area contributed by atoms with Crippen LogP contribution in [0.15, 0.2) is 72.9 Å². The summed E-state index contributed by atoms with van der Waals surface area (Å²) in [6.45, 7) is 3.92. The summed E-state index contributed by atoms with van der Waals surface area (Å²) in [6, 6.07) is 0. The Morgan fingerprint density at radius 1 is 0.746 bits per heavy atom. The van der Waals surface area contributed by atoms with Gasteiger partial charge in [-0.25, -0.2) is 4.57 Å². The fraction of sp³-hybridized carbons (Fsp3) is 0.700. The first-order valence-electron chi connectivity index (χ1n) is 23.8. The third kappa shape index (κ3) is 33.2. The smallest absolute Gasteiger partial charge is 0.462 e. The molecule has 1 aliphatic carbocycles. The molecule has 12 nitrogen and oxygen atoms in total. The number of carbonyl (C=O) groups is 3. The van der Waals surface area contributed by atoms with Crippen LogP contribution in [0.1, 0.15) is 149 Å². The first kappa shape index (κ1) is 58.1. The van der Waals surface area contributed by atoms with Gasteiger partial charge in [-0.1, -0.05) is 138 Å². The van der Waals surface area contributed by atoms with Gasteiger partial charge in [0, 0.05) is 25.2 Å². The molecule has 0 heterocycles. The molecule has 0 amide bonds.